The van der Waals surface area contributed by atoms with Gasteiger partial charge in [0.1, 0.15) is 11.9 Å². The topological polar surface area (TPSA) is 96.7 Å². The van der Waals surface area contributed by atoms with Crippen LogP contribution < -0.4 is 0 Å². The van der Waals surface area contributed by atoms with E-state index in [4.69, 9.17) is 4.74 Å². The largest absolute Gasteiger partial charge is 0.457 e. The number of hydrogen-bond acceptors (Lipinski definition) is 7. The summed E-state index contributed by atoms with van der Waals surface area (Å²) in [5.41, 5.74) is 1.70. The Kier molecular flexibility index (Phi) is 10.3. The quantitative estimate of drug-likeness (QED) is 0.496. The highest BCUT2D eigenvalue weighted by atomic mass is 32.1. The minimum Gasteiger partial charge on any atom is -0.457 e. The van der Waals surface area contributed by atoms with Crippen molar-refractivity contribution in [2.24, 2.45) is 17.8 Å². The van der Waals surface area contributed by atoms with Gasteiger partial charge in [0.25, 0.3) is 0 Å². The Bertz CT molecular complexity index is 830. The van der Waals surface area contributed by atoms with Crippen LogP contribution >= 0.6 is 11.3 Å². The molecule has 0 radical (unpaired) electrons. The van der Waals surface area contributed by atoms with Crippen molar-refractivity contribution in [3.8, 4) is 0 Å². The highest BCUT2D eigenvalue weighted by Gasteiger charge is 2.34. The molecule has 0 aromatic carbocycles. The lowest BCUT2D eigenvalue weighted by atomic mass is 9.81. The number of aliphatic hydroxyl groups excluding tert-OH is 2. The molecule has 2 N–H and O–H groups in total. The number of aryl methyl sites for hydroxylation is 1. The molecule has 0 saturated carbocycles. The number of esters is 1. The van der Waals surface area contributed by atoms with Crippen LogP contribution in [0.25, 0.3) is 6.08 Å². The Morgan fingerprint density at radius 1 is 1.19 bits per heavy atom. The zero-order valence-corrected chi connectivity index (χ0v) is 20.6. The van der Waals surface area contributed by atoms with Crippen LogP contribution in [0.2, 0.25) is 0 Å². The first-order chi connectivity index (χ1) is 15.1. The zero-order chi connectivity index (χ0) is 23.8. The van der Waals surface area contributed by atoms with Crippen LogP contribution in [0.4, 0.5) is 0 Å². The molecule has 1 aromatic rings. The van der Waals surface area contributed by atoms with Gasteiger partial charge in [-0.1, -0.05) is 32.9 Å². The smallest absolute Gasteiger partial charge is 0.309 e. The summed E-state index contributed by atoms with van der Waals surface area (Å²) in [4.78, 5) is 29.8. The maximum Gasteiger partial charge on any atom is 0.309 e. The predicted molar refractivity (Wildman–Crippen MR) is 127 cm³/mol. The third-order valence-electron chi connectivity index (χ3n) is 6.29. The van der Waals surface area contributed by atoms with Crippen molar-refractivity contribution in [2.75, 3.05) is 0 Å². The second-order valence-corrected chi connectivity index (χ2v) is 10.1. The first kappa shape index (κ1) is 26.4. The summed E-state index contributed by atoms with van der Waals surface area (Å²) in [6, 6.07) is 0. The fraction of sp³-hybridized carbons (Fsp3) is 0.640. The summed E-state index contributed by atoms with van der Waals surface area (Å²) >= 11 is 1.56. The van der Waals surface area contributed by atoms with Crippen LogP contribution in [0.3, 0.4) is 0 Å². The van der Waals surface area contributed by atoms with Gasteiger partial charge >= 0.3 is 5.97 Å². The highest BCUT2D eigenvalue weighted by Crippen LogP contribution is 2.25. The average Bonchev–Trinajstić information content (AvgIpc) is 3.16. The molecular formula is C25H37NO5S. The van der Waals surface area contributed by atoms with Crippen LogP contribution in [0, 0.1) is 24.7 Å². The fourth-order valence-electron chi connectivity index (χ4n) is 3.99. The van der Waals surface area contributed by atoms with Gasteiger partial charge in [0.05, 0.1) is 29.3 Å². The third-order valence-corrected chi connectivity index (χ3v) is 7.08. The summed E-state index contributed by atoms with van der Waals surface area (Å²) in [6.07, 6.45) is 6.41. The number of nitrogens with zero attached hydrogens (tertiary/aromatic N) is 1. The molecule has 0 fully saturated rings. The first-order valence-electron chi connectivity index (χ1n) is 11.4. The van der Waals surface area contributed by atoms with E-state index in [1.54, 1.807) is 25.2 Å². The van der Waals surface area contributed by atoms with Gasteiger partial charge in [-0.15, -0.1) is 11.3 Å². The molecule has 6 atom stereocenters. The van der Waals surface area contributed by atoms with Crippen molar-refractivity contribution >= 4 is 29.2 Å². The Balaban J connectivity index is 2.21. The lowest BCUT2D eigenvalue weighted by Gasteiger charge is -2.28. The first-order valence-corrected chi connectivity index (χ1v) is 12.3. The second kappa shape index (κ2) is 12.4. The molecule has 0 amide bonds. The number of thiazole rings is 1. The summed E-state index contributed by atoms with van der Waals surface area (Å²) in [5, 5.41) is 24.0. The molecule has 2 rings (SSSR count). The molecule has 1 aliphatic heterocycles. The van der Waals surface area contributed by atoms with Crippen LogP contribution in [0.15, 0.2) is 23.1 Å². The molecule has 2 heterocycles. The van der Waals surface area contributed by atoms with Gasteiger partial charge in [-0.05, 0) is 50.7 Å². The van der Waals surface area contributed by atoms with E-state index in [0.717, 1.165) is 35.5 Å². The number of allylic oxidation sites excluding steroid dienone is 1. The predicted octanol–water partition coefficient (Wildman–Crippen LogP) is 4.49. The monoisotopic (exact) mass is 463 g/mol. The molecular weight excluding hydrogens is 426 g/mol. The number of Topliss-reactive ketones (excluding diaryl/α,β-unsaturated/α-hetero) is 1. The van der Waals surface area contributed by atoms with E-state index in [0.29, 0.717) is 6.42 Å². The minimum absolute atomic E-state index is 0.0240. The van der Waals surface area contributed by atoms with E-state index in [9.17, 15) is 19.8 Å². The van der Waals surface area contributed by atoms with Crippen molar-refractivity contribution in [3.63, 3.8) is 0 Å². The molecule has 32 heavy (non-hydrogen) atoms. The van der Waals surface area contributed by atoms with Gasteiger partial charge < -0.3 is 14.9 Å². The molecule has 7 heteroatoms. The SMILES string of the molecule is C/C(=C\c1csc(C)n1)C1C/C=C\CCC[C@H](C)[C@H](O)[C@@H](C)C(=O)[C@H](C)C(O)CC(=O)O1. The number of cyclic esters (lactones) is 1. The van der Waals surface area contributed by atoms with Crippen LogP contribution in [0.5, 0.6) is 0 Å². The van der Waals surface area contributed by atoms with Gasteiger partial charge in [-0.25, -0.2) is 4.98 Å². The lowest BCUT2D eigenvalue weighted by Crippen LogP contribution is -2.39. The zero-order valence-electron chi connectivity index (χ0n) is 19.8. The van der Waals surface area contributed by atoms with Crippen LogP contribution in [-0.2, 0) is 14.3 Å². The lowest BCUT2D eigenvalue weighted by molar-refractivity contribution is -0.151. The number of ether oxygens (including phenoxy) is 1. The van der Waals surface area contributed by atoms with Crippen molar-refractivity contribution in [3.05, 3.63) is 33.8 Å². The molecule has 2 unspecified atom stereocenters. The van der Waals surface area contributed by atoms with Crippen molar-refractivity contribution < 1.29 is 24.5 Å². The summed E-state index contributed by atoms with van der Waals surface area (Å²) in [5.74, 6) is -2.17. The fourth-order valence-corrected chi connectivity index (χ4v) is 4.56. The average molecular weight is 464 g/mol. The number of carbonyl (C=O) groups excluding carboxylic acids is 2. The minimum atomic E-state index is -1.16. The molecule has 0 saturated heterocycles. The maximum atomic E-state index is 12.8. The highest BCUT2D eigenvalue weighted by molar-refractivity contribution is 7.09. The normalized spacial score (nSPS) is 33.0. The maximum absolute atomic E-state index is 12.8. The summed E-state index contributed by atoms with van der Waals surface area (Å²) < 4.78 is 5.71. The molecule has 0 spiro atoms. The standard InChI is InChI=1S/C25H37NO5S/c1-15-10-8-6-7-9-11-22(16(2)12-20-14-32-19(5)26-20)31-23(28)13-21(27)17(3)25(30)18(4)24(15)29/h7,9,12,14-15,17-18,21-22,24,27,29H,6,8,10-11,13H2,1-5H3/b9-7-,16-12+/t15-,17+,18+,21?,22?,24-/m0/s1. The van der Waals surface area contributed by atoms with Gasteiger partial charge in [-0.3, -0.25) is 9.59 Å². The van der Waals surface area contributed by atoms with Crippen molar-refractivity contribution in [2.45, 2.75) is 85.0 Å². The molecule has 1 aromatic heterocycles. The molecule has 6 nitrogen and oxygen atoms in total. The second-order valence-electron chi connectivity index (χ2n) is 9.02. The van der Waals surface area contributed by atoms with E-state index >= 15 is 0 Å². The van der Waals surface area contributed by atoms with Crippen LogP contribution in [0.1, 0.15) is 70.5 Å². The van der Waals surface area contributed by atoms with E-state index in [1.807, 2.05) is 38.3 Å². The van der Waals surface area contributed by atoms with Crippen molar-refractivity contribution in [1.29, 1.82) is 0 Å². The van der Waals surface area contributed by atoms with Crippen molar-refractivity contribution in [1.82, 2.24) is 4.98 Å². The summed E-state index contributed by atoms with van der Waals surface area (Å²) in [7, 11) is 0. The third kappa shape index (κ3) is 7.64. The Labute approximate surface area is 195 Å². The Morgan fingerprint density at radius 2 is 1.91 bits per heavy atom. The van der Waals surface area contributed by atoms with Gasteiger partial charge in [0, 0.05) is 23.6 Å². The van der Waals surface area contributed by atoms with E-state index in [2.05, 4.69) is 11.1 Å². The molecule has 178 valence electrons. The summed E-state index contributed by atoms with van der Waals surface area (Å²) in [6.45, 7) is 9.10. The Hall–Kier alpha value is -1.83. The van der Waals surface area contributed by atoms with Gasteiger partial charge in [-0.2, -0.15) is 0 Å². The van der Waals surface area contributed by atoms with E-state index < -0.39 is 36.1 Å². The number of hydrogen-bond donors (Lipinski definition) is 2. The van der Waals surface area contributed by atoms with Gasteiger partial charge in [0.15, 0.2) is 0 Å². The number of aliphatic hydroxyl groups is 2. The Morgan fingerprint density at radius 3 is 2.56 bits per heavy atom. The van der Waals surface area contributed by atoms with Gasteiger partial charge in [0.2, 0.25) is 0 Å². The number of rotatable bonds is 2. The molecule has 1 aliphatic rings. The van der Waals surface area contributed by atoms with E-state index in [-0.39, 0.29) is 18.1 Å². The number of carbonyl (C=O) groups is 2. The van der Waals surface area contributed by atoms with E-state index in [1.165, 1.54) is 0 Å². The van der Waals surface area contributed by atoms with Crippen LogP contribution in [-0.4, -0.2) is 45.3 Å². The molecule has 0 bridgehead atoms. The number of ketones is 1. The molecule has 0 aliphatic carbocycles. The number of aromatic nitrogens is 1.